The average molecular weight is 432 g/mol. The summed E-state index contributed by atoms with van der Waals surface area (Å²) in [6, 6.07) is 12.7. The minimum Gasteiger partial charge on any atom is -0.339 e. The van der Waals surface area contributed by atoms with E-state index in [1.165, 1.54) is 0 Å². The molecule has 0 radical (unpaired) electrons. The molecule has 0 atom stereocenters. The minimum absolute atomic E-state index is 0.0480. The molecule has 0 bridgehead atoms. The maximum atomic E-state index is 13.1. The van der Waals surface area contributed by atoms with Crippen LogP contribution < -0.4 is 11.2 Å². The standard InChI is InChI=1S/C24H24N4O4/c29-21-19-6-2-4-17(20(19)25-24(32)26-21)13-15-3-1-5-18(14-15)23(31)28-11-9-27(10-12-28)22(30)16-7-8-16/h1-6,14,16H,7-13H2,(H2,25,26,29,32). The van der Waals surface area contributed by atoms with Gasteiger partial charge in [-0.15, -0.1) is 0 Å². The summed E-state index contributed by atoms with van der Waals surface area (Å²) < 4.78 is 0. The number of rotatable bonds is 4. The molecule has 1 aliphatic heterocycles. The van der Waals surface area contributed by atoms with E-state index in [4.69, 9.17) is 0 Å². The van der Waals surface area contributed by atoms with Gasteiger partial charge in [-0.2, -0.15) is 0 Å². The number of hydrogen-bond donors (Lipinski definition) is 2. The Morgan fingerprint density at radius 2 is 1.62 bits per heavy atom. The van der Waals surface area contributed by atoms with Crippen LogP contribution in [0.15, 0.2) is 52.1 Å². The van der Waals surface area contributed by atoms with Crippen molar-refractivity contribution >= 4 is 22.7 Å². The number of fused-ring (bicyclic) bond motifs is 1. The summed E-state index contributed by atoms with van der Waals surface area (Å²) in [4.78, 5) is 57.8. The zero-order valence-electron chi connectivity index (χ0n) is 17.6. The largest absolute Gasteiger partial charge is 0.339 e. The Morgan fingerprint density at radius 3 is 2.38 bits per heavy atom. The molecule has 1 saturated heterocycles. The van der Waals surface area contributed by atoms with Crippen LogP contribution in [0.3, 0.4) is 0 Å². The molecule has 1 aromatic heterocycles. The van der Waals surface area contributed by atoms with E-state index in [0.717, 1.165) is 24.0 Å². The van der Waals surface area contributed by atoms with Gasteiger partial charge in [0.1, 0.15) is 0 Å². The van der Waals surface area contributed by atoms with Crippen LogP contribution in [0.2, 0.25) is 0 Å². The number of benzene rings is 2. The van der Waals surface area contributed by atoms with Gasteiger partial charge in [-0.25, -0.2) is 4.79 Å². The van der Waals surface area contributed by atoms with Crippen molar-refractivity contribution < 1.29 is 9.59 Å². The number of carbonyl (C=O) groups is 2. The highest BCUT2D eigenvalue weighted by Gasteiger charge is 2.35. The number of H-pyrrole nitrogens is 2. The van der Waals surface area contributed by atoms with Gasteiger partial charge in [0.05, 0.1) is 10.9 Å². The molecule has 2 N–H and O–H groups in total. The monoisotopic (exact) mass is 432 g/mol. The molecule has 0 spiro atoms. The van der Waals surface area contributed by atoms with Crippen molar-refractivity contribution in [2.45, 2.75) is 19.3 Å². The second kappa shape index (κ2) is 8.11. The zero-order chi connectivity index (χ0) is 22.2. The lowest BCUT2D eigenvalue weighted by Gasteiger charge is -2.35. The van der Waals surface area contributed by atoms with Crippen molar-refractivity contribution in [2.24, 2.45) is 5.92 Å². The fourth-order valence-electron chi connectivity index (χ4n) is 4.33. The Morgan fingerprint density at radius 1 is 0.906 bits per heavy atom. The summed E-state index contributed by atoms with van der Waals surface area (Å²) in [5.74, 6) is 0.382. The van der Waals surface area contributed by atoms with Gasteiger partial charge in [-0.3, -0.25) is 19.4 Å². The molecule has 8 nitrogen and oxygen atoms in total. The molecule has 2 heterocycles. The molecule has 8 heteroatoms. The highest BCUT2D eigenvalue weighted by Crippen LogP contribution is 2.31. The van der Waals surface area contributed by atoms with Gasteiger partial charge in [0, 0.05) is 37.7 Å². The Bertz CT molecular complexity index is 1310. The van der Waals surface area contributed by atoms with Crippen LogP contribution in [0.5, 0.6) is 0 Å². The average Bonchev–Trinajstić information content (AvgIpc) is 3.64. The van der Waals surface area contributed by atoms with Gasteiger partial charge in [0.25, 0.3) is 11.5 Å². The zero-order valence-corrected chi connectivity index (χ0v) is 17.6. The number of nitrogens with one attached hydrogen (secondary N) is 2. The van der Waals surface area contributed by atoms with Crippen molar-refractivity contribution in [3.05, 3.63) is 80.0 Å². The van der Waals surface area contributed by atoms with Gasteiger partial charge >= 0.3 is 5.69 Å². The number of amides is 2. The third kappa shape index (κ3) is 3.95. The van der Waals surface area contributed by atoms with Gasteiger partial charge in [0.2, 0.25) is 5.91 Å². The van der Waals surface area contributed by atoms with E-state index in [0.29, 0.717) is 49.1 Å². The fourth-order valence-corrected chi connectivity index (χ4v) is 4.33. The summed E-state index contributed by atoms with van der Waals surface area (Å²) in [5.41, 5.74) is 1.85. The van der Waals surface area contributed by atoms with Crippen molar-refractivity contribution in [1.29, 1.82) is 0 Å². The minimum atomic E-state index is -0.543. The van der Waals surface area contributed by atoms with Crippen molar-refractivity contribution in [3.63, 3.8) is 0 Å². The summed E-state index contributed by atoms with van der Waals surface area (Å²) in [6.07, 6.45) is 2.45. The van der Waals surface area contributed by atoms with Crippen LogP contribution >= 0.6 is 0 Å². The lowest BCUT2D eigenvalue weighted by molar-refractivity contribution is -0.134. The topological polar surface area (TPSA) is 106 Å². The molecular formula is C24H24N4O4. The molecule has 2 aromatic carbocycles. The Hall–Kier alpha value is -3.68. The van der Waals surface area contributed by atoms with Gasteiger partial charge in [-0.05, 0) is 48.6 Å². The highest BCUT2D eigenvalue weighted by molar-refractivity contribution is 5.94. The normalized spacial score (nSPS) is 16.4. The van der Waals surface area contributed by atoms with Gasteiger partial charge in [0.15, 0.2) is 0 Å². The van der Waals surface area contributed by atoms with E-state index in [1.54, 1.807) is 23.1 Å². The molecule has 0 unspecified atom stereocenters. The first-order valence-electron chi connectivity index (χ1n) is 10.9. The lowest BCUT2D eigenvalue weighted by atomic mass is 10.00. The van der Waals surface area contributed by atoms with Crippen LogP contribution in [0.1, 0.15) is 34.3 Å². The number of aromatic nitrogens is 2. The molecule has 2 aliphatic rings. The molecule has 2 fully saturated rings. The Labute approximate surface area is 183 Å². The first-order chi connectivity index (χ1) is 15.5. The van der Waals surface area contributed by atoms with Crippen molar-refractivity contribution in [1.82, 2.24) is 19.8 Å². The second-order valence-electron chi connectivity index (χ2n) is 8.52. The van der Waals surface area contributed by atoms with E-state index < -0.39 is 11.2 Å². The maximum absolute atomic E-state index is 13.1. The first kappa shape index (κ1) is 20.2. The Balaban J connectivity index is 1.33. The molecule has 164 valence electrons. The molecule has 5 rings (SSSR count). The summed E-state index contributed by atoms with van der Waals surface area (Å²) in [5, 5.41) is 0.424. The van der Waals surface area contributed by atoms with E-state index >= 15 is 0 Å². The number of para-hydroxylation sites is 1. The van der Waals surface area contributed by atoms with Gasteiger partial charge < -0.3 is 14.8 Å². The first-order valence-corrected chi connectivity index (χ1v) is 10.9. The van der Waals surface area contributed by atoms with Crippen LogP contribution in [0.25, 0.3) is 10.9 Å². The number of hydrogen-bond acceptors (Lipinski definition) is 4. The molecule has 2 amide bonds. The molecule has 1 saturated carbocycles. The van der Waals surface area contributed by atoms with E-state index in [-0.39, 0.29) is 17.7 Å². The Kier molecular flexibility index (Phi) is 5.13. The molecule has 3 aromatic rings. The van der Waals surface area contributed by atoms with Crippen molar-refractivity contribution in [2.75, 3.05) is 26.2 Å². The van der Waals surface area contributed by atoms with E-state index in [1.807, 2.05) is 29.2 Å². The third-order valence-electron chi connectivity index (χ3n) is 6.23. The summed E-state index contributed by atoms with van der Waals surface area (Å²) in [6.45, 7) is 2.24. The predicted molar refractivity (Wildman–Crippen MR) is 120 cm³/mol. The van der Waals surface area contributed by atoms with Crippen LogP contribution in [-0.2, 0) is 11.2 Å². The second-order valence-corrected chi connectivity index (χ2v) is 8.52. The van der Waals surface area contributed by atoms with Crippen LogP contribution in [0.4, 0.5) is 0 Å². The number of aromatic amines is 2. The van der Waals surface area contributed by atoms with Crippen LogP contribution in [0, 0.1) is 5.92 Å². The fraction of sp³-hybridized carbons (Fsp3) is 0.333. The molecule has 32 heavy (non-hydrogen) atoms. The van der Waals surface area contributed by atoms with Gasteiger partial charge in [-0.1, -0.05) is 24.3 Å². The molecular weight excluding hydrogens is 408 g/mol. The predicted octanol–water partition coefficient (Wildman–Crippen LogP) is 1.50. The smallest absolute Gasteiger partial charge is 0.326 e. The summed E-state index contributed by atoms with van der Waals surface area (Å²) in [7, 11) is 0. The SMILES string of the molecule is O=C(c1cccc(Cc2cccc3c(=O)[nH]c(=O)[nH]c23)c1)N1CCN(C(=O)C2CC2)CC1. The lowest BCUT2D eigenvalue weighted by Crippen LogP contribution is -2.51. The van der Waals surface area contributed by atoms with E-state index in [9.17, 15) is 19.2 Å². The van der Waals surface area contributed by atoms with Crippen molar-refractivity contribution in [3.8, 4) is 0 Å². The number of nitrogens with zero attached hydrogens (tertiary/aromatic N) is 2. The van der Waals surface area contributed by atoms with Crippen LogP contribution in [-0.4, -0.2) is 57.8 Å². The highest BCUT2D eigenvalue weighted by atomic mass is 16.2. The quantitative estimate of drug-likeness (QED) is 0.652. The third-order valence-corrected chi connectivity index (χ3v) is 6.23. The molecule has 1 aliphatic carbocycles. The maximum Gasteiger partial charge on any atom is 0.326 e. The number of carbonyl (C=O) groups excluding carboxylic acids is 2. The number of piperazine rings is 1. The van der Waals surface area contributed by atoms with E-state index in [2.05, 4.69) is 9.97 Å². The summed E-state index contributed by atoms with van der Waals surface area (Å²) >= 11 is 0.